The number of aryl methyl sites for hydroxylation is 3. The second-order valence-electron chi connectivity index (χ2n) is 9.09. The van der Waals surface area contributed by atoms with Gasteiger partial charge in [-0.05, 0) is 62.6 Å². The van der Waals surface area contributed by atoms with Crippen LogP contribution in [0.2, 0.25) is 0 Å². The highest BCUT2D eigenvalue weighted by molar-refractivity contribution is 8.03. The fourth-order valence-electron chi connectivity index (χ4n) is 4.42. The molecular weight excluding hydrogens is 496 g/mol. The summed E-state index contributed by atoms with van der Waals surface area (Å²) in [5.74, 6) is -0.654. The Bertz CT molecular complexity index is 1450. The highest BCUT2D eigenvalue weighted by atomic mass is 32.2. The molecule has 38 heavy (non-hydrogen) atoms. The van der Waals surface area contributed by atoms with Gasteiger partial charge >= 0.3 is 0 Å². The number of hydrogen-bond donors (Lipinski definition) is 3. The third kappa shape index (κ3) is 5.84. The zero-order valence-electron chi connectivity index (χ0n) is 21.8. The number of hydrogen-bond acceptors (Lipinski definition) is 6. The lowest BCUT2D eigenvalue weighted by Crippen LogP contribution is -2.31. The van der Waals surface area contributed by atoms with Crippen molar-refractivity contribution in [1.29, 1.82) is 5.26 Å². The van der Waals surface area contributed by atoms with Gasteiger partial charge in [0.1, 0.15) is 5.76 Å². The molecule has 3 aromatic rings. The SMILES string of the molecule is CCc1cccc(C)c1NC(=O)C1=C(C)NC(SCC(=O)Nc2ccc(C)cc2)=C(C#N)C1c1ccco1. The van der Waals surface area contributed by atoms with Crippen LogP contribution in [0.5, 0.6) is 0 Å². The number of carbonyl (C=O) groups is 2. The fourth-order valence-corrected chi connectivity index (χ4v) is 5.31. The van der Waals surface area contributed by atoms with Gasteiger partial charge in [-0.25, -0.2) is 0 Å². The van der Waals surface area contributed by atoms with Crippen LogP contribution >= 0.6 is 11.8 Å². The molecule has 8 heteroatoms. The average Bonchev–Trinajstić information content (AvgIpc) is 3.44. The van der Waals surface area contributed by atoms with Crippen LogP contribution in [0.4, 0.5) is 11.4 Å². The second kappa shape index (κ2) is 11.9. The van der Waals surface area contributed by atoms with Crippen molar-refractivity contribution < 1.29 is 14.0 Å². The van der Waals surface area contributed by atoms with Crippen molar-refractivity contribution in [1.82, 2.24) is 5.32 Å². The summed E-state index contributed by atoms with van der Waals surface area (Å²) in [5, 5.41) is 19.9. The van der Waals surface area contributed by atoms with Crippen LogP contribution < -0.4 is 16.0 Å². The largest absolute Gasteiger partial charge is 0.468 e. The molecule has 4 rings (SSSR count). The molecule has 2 amide bonds. The fraction of sp³-hybridized carbons (Fsp3) is 0.233. The summed E-state index contributed by atoms with van der Waals surface area (Å²) >= 11 is 1.22. The van der Waals surface area contributed by atoms with E-state index in [1.165, 1.54) is 18.0 Å². The van der Waals surface area contributed by atoms with Gasteiger partial charge in [0.05, 0.1) is 40.2 Å². The Labute approximate surface area is 227 Å². The first-order valence-corrected chi connectivity index (χ1v) is 13.4. The Kier molecular flexibility index (Phi) is 8.39. The van der Waals surface area contributed by atoms with E-state index in [0.717, 1.165) is 28.8 Å². The number of nitrogens with one attached hydrogen (secondary N) is 3. The van der Waals surface area contributed by atoms with Crippen LogP contribution in [0.3, 0.4) is 0 Å². The monoisotopic (exact) mass is 526 g/mol. The van der Waals surface area contributed by atoms with Crippen molar-refractivity contribution >= 4 is 35.0 Å². The maximum absolute atomic E-state index is 13.7. The lowest BCUT2D eigenvalue weighted by Gasteiger charge is -2.28. The van der Waals surface area contributed by atoms with Crippen molar-refractivity contribution in [2.24, 2.45) is 0 Å². The first-order chi connectivity index (χ1) is 18.3. The number of anilines is 2. The van der Waals surface area contributed by atoms with Crippen molar-refractivity contribution in [3.8, 4) is 6.07 Å². The number of allylic oxidation sites excluding steroid dienone is 2. The van der Waals surface area contributed by atoms with Gasteiger partial charge < -0.3 is 20.4 Å². The number of furan rings is 1. The Balaban J connectivity index is 1.61. The number of nitrogens with zero attached hydrogens (tertiary/aromatic N) is 1. The number of amides is 2. The molecule has 0 fully saturated rings. The van der Waals surface area contributed by atoms with E-state index >= 15 is 0 Å². The van der Waals surface area contributed by atoms with E-state index in [9.17, 15) is 14.9 Å². The number of carbonyl (C=O) groups excluding carboxylic acids is 2. The van der Waals surface area contributed by atoms with E-state index in [0.29, 0.717) is 33.3 Å². The Morgan fingerprint density at radius 1 is 1.05 bits per heavy atom. The Morgan fingerprint density at radius 3 is 2.47 bits per heavy atom. The first kappa shape index (κ1) is 26.8. The van der Waals surface area contributed by atoms with E-state index in [2.05, 4.69) is 22.0 Å². The van der Waals surface area contributed by atoms with Crippen molar-refractivity contribution in [3.63, 3.8) is 0 Å². The number of benzene rings is 2. The molecule has 3 N–H and O–H groups in total. The van der Waals surface area contributed by atoms with Gasteiger partial charge in [-0.3, -0.25) is 9.59 Å². The summed E-state index contributed by atoms with van der Waals surface area (Å²) in [5.41, 5.74) is 5.89. The molecule has 0 bridgehead atoms. The summed E-state index contributed by atoms with van der Waals surface area (Å²) < 4.78 is 5.70. The number of dihydropyridines is 1. The highest BCUT2D eigenvalue weighted by Gasteiger charge is 2.36. The number of para-hydroxylation sites is 1. The van der Waals surface area contributed by atoms with Crippen LogP contribution in [0, 0.1) is 25.2 Å². The normalized spacial score (nSPS) is 15.1. The van der Waals surface area contributed by atoms with Crippen molar-refractivity contribution in [2.75, 3.05) is 16.4 Å². The number of rotatable bonds is 8. The maximum atomic E-state index is 13.7. The minimum absolute atomic E-state index is 0.0874. The predicted molar refractivity (Wildman–Crippen MR) is 151 cm³/mol. The number of thioether (sulfide) groups is 1. The van der Waals surface area contributed by atoms with Gasteiger partial charge in [-0.2, -0.15) is 5.26 Å². The third-order valence-corrected chi connectivity index (χ3v) is 7.40. The number of nitriles is 1. The molecule has 1 atom stereocenters. The quantitative estimate of drug-likeness (QED) is 0.324. The molecule has 0 saturated carbocycles. The topological polar surface area (TPSA) is 107 Å². The summed E-state index contributed by atoms with van der Waals surface area (Å²) in [6.07, 6.45) is 2.29. The van der Waals surface area contributed by atoms with Gasteiger partial charge in [0.15, 0.2) is 0 Å². The summed E-state index contributed by atoms with van der Waals surface area (Å²) in [4.78, 5) is 26.3. The van der Waals surface area contributed by atoms with Gasteiger partial charge in [0.2, 0.25) is 5.91 Å². The van der Waals surface area contributed by atoms with Crippen LogP contribution in [0.15, 0.2) is 87.1 Å². The molecule has 1 aliphatic rings. The molecule has 0 aliphatic carbocycles. The van der Waals surface area contributed by atoms with E-state index in [1.54, 1.807) is 19.1 Å². The van der Waals surface area contributed by atoms with Crippen molar-refractivity contribution in [2.45, 2.75) is 40.0 Å². The molecule has 7 nitrogen and oxygen atoms in total. The summed E-state index contributed by atoms with van der Waals surface area (Å²) in [7, 11) is 0. The standard InChI is InChI=1S/C30H30N4O3S/c1-5-21-9-6-8-19(3)28(21)34-29(36)26-20(4)32-30(23(16-31)27(26)24-10-7-15-37-24)38-17-25(35)33-22-13-11-18(2)12-14-22/h6-15,27,32H,5,17H2,1-4H3,(H,33,35)(H,34,36). The van der Waals surface area contributed by atoms with Crippen LogP contribution in [0.1, 0.15) is 42.2 Å². The van der Waals surface area contributed by atoms with Crippen LogP contribution in [0.25, 0.3) is 0 Å². The average molecular weight is 527 g/mol. The lowest BCUT2D eigenvalue weighted by molar-refractivity contribution is -0.114. The maximum Gasteiger partial charge on any atom is 0.254 e. The van der Waals surface area contributed by atoms with Crippen LogP contribution in [-0.4, -0.2) is 17.6 Å². The van der Waals surface area contributed by atoms with E-state index < -0.39 is 5.92 Å². The molecule has 0 radical (unpaired) electrons. The molecule has 2 heterocycles. The van der Waals surface area contributed by atoms with Gasteiger partial charge in [-0.15, -0.1) is 0 Å². The summed E-state index contributed by atoms with van der Waals surface area (Å²) in [6.45, 7) is 7.77. The summed E-state index contributed by atoms with van der Waals surface area (Å²) in [6, 6.07) is 19.2. The minimum atomic E-state index is -0.715. The predicted octanol–water partition coefficient (Wildman–Crippen LogP) is 6.17. The van der Waals surface area contributed by atoms with E-state index in [-0.39, 0.29) is 17.6 Å². The Morgan fingerprint density at radius 2 is 1.82 bits per heavy atom. The smallest absolute Gasteiger partial charge is 0.254 e. The molecule has 0 spiro atoms. The lowest BCUT2D eigenvalue weighted by atomic mass is 9.85. The molecule has 1 unspecified atom stereocenters. The zero-order chi connectivity index (χ0) is 27.2. The highest BCUT2D eigenvalue weighted by Crippen LogP contribution is 2.41. The molecule has 1 aromatic heterocycles. The molecule has 0 saturated heterocycles. The van der Waals surface area contributed by atoms with Crippen molar-refractivity contribution in [3.05, 3.63) is 105 Å². The third-order valence-electron chi connectivity index (χ3n) is 6.38. The molecular formula is C30H30N4O3S. The second-order valence-corrected chi connectivity index (χ2v) is 10.1. The van der Waals surface area contributed by atoms with E-state index in [1.807, 2.05) is 63.2 Å². The minimum Gasteiger partial charge on any atom is -0.468 e. The van der Waals surface area contributed by atoms with Gasteiger partial charge in [0.25, 0.3) is 5.91 Å². The van der Waals surface area contributed by atoms with Crippen LogP contribution in [-0.2, 0) is 16.0 Å². The molecule has 194 valence electrons. The zero-order valence-corrected chi connectivity index (χ0v) is 22.7. The van der Waals surface area contributed by atoms with E-state index in [4.69, 9.17) is 4.42 Å². The van der Waals surface area contributed by atoms with Gasteiger partial charge in [-0.1, -0.05) is 54.6 Å². The van der Waals surface area contributed by atoms with Gasteiger partial charge in [0, 0.05) is 17.1 Å². The molecule has 2 aromatic carbocycles. The first-order valence-electron chi connectivity index (χ1n) is 12.4. The molecule has 1 aliphatic heterocycles. The Hall–Kier alpha value is -4.22.